The van der Waals surface area contributed by atoms with E-state index in [1.165, 1.54) is 30.9 Å². The standard InChI is InChI=1S/C26H24F4/c1-2-3-4-5-6-16-7-9-21-17(11-16)8-10-22-23(21)15-24(29)25(26(22)30)18-12-19(27)14-20(28)13-18/h7,9,11-15H,2-6,8,10H2,1H3. The van der Waals surface area contributed by atoms with E-state index in [9.17, 15) is 13.2 Å². The molecule has 3 aromatic carbocycles. The second-order valence-electron chi connectivity index (χ2n) is 8.03. The van der Waals surface area contributed by atoms with Gasteiger partial charge in [0.2, 0.25) is 0 Å². The van der Waals surface area contributed by atoms with Crippen molar-refractivity contribution in [1.29, 1.82) is 0 Å². The van der Waals surface area contributed by atoms with Crippen molar-refractivity contribution in [2.75, 3.05) is 0 Å². The van der Waals surface area contributed by atoms with Gasteiger partial charge in [-0.1, -0.05) is 44.4 Å². The Labute approximate surface area is 174 Å². The molecule has 0 heterocycles. The number of hydrogen-bond acceptors (Lipinski definition) is 0. The third kappa shape index (κ3) is 4.00. The molecule has 0 aromatic heterocycles. The van der Waals surface area contributed by atoms with Crippen LogP contribution < -0.4 is 0 Å². The van der Waals surface area contributed by atoms with Gasteiger partial charge in [-0.3, -0.25) is 0 Å². The number of halogens is 4. The highest BCUT2D eigenvalue weighted by atomic mass is 19.1. The van der Waals surface area contributed by atoms with Crippen LogP contribution in [0.1, 0.15) is 49.3 Å². The molecule has 0 atom stereocenters. The van der Waals surface area contributed by atoms with Gasteiger partial charge in [0, 0.05) is 6.07 Å². The molecule has 30 heavy (non-hydrogen) atoms. The van der Waals surface area contributed by atoms with E-state index in [0.29, 0.717) is 30.0 Å². The lowest BCUT2D eigenvalue weighted by Gasteiger charge is -2.23. The number of rotatable bonds is 6. The maximum Gasteiger partial charge on any atom is 0.137 e. The first-order valence-electron chi connectivity index (χ1n) is 10.6. The van der Waals surface area contributed by atoms with E-state index in [4.69, 9.17) is 0 Å². The minimum atomic E-state index is -0.863. The van der Waals surface area contributed by atoms with Gasteiger partial charge in [-0.2, -0.15) is 0 Å². The van der Waals surface area contributed by atoms with E-state index < -0.39 is 23.3 Å². The summed E-state index contributed by atoms with van der Waals surface area (Å²) in [6.07, 6.45) is 6.86. The van der Waals surface area contributed by atoms with Crippen molar-refractivity contribution in [3.63, 3.8) is 0 Å². The Kier molecular flexibility index (Phi) is 5.94. The molecule has 0 aliphatic heterocycles. The third-order valence-electron chi connectivity index (χ3n) is 5.89. The zero-order valence-electron chi connectivity index (χ0n) is 17.0. The highest BCUT2D eigenvalue weighted by Crippen LogP contribution is 2.40. The van der Waals surface area contributed by atoms with Crippen LogP contribution in [0.4, 0.5) is 17.6 Å². The first-order valence-corrected chi connectivity index (χ1v) is 10.6. The first-order chi connectivity index (χ1) is 14.5. The molecule has 3 aromatic rings. The van der Waals surface area contributed by atoms with Crippen LogP contribution in [0, 0.1) is 23.3 Å². The summed E-state index contributed by atoms with van der Waals surface area (Å²) in [7, 11) is 0. The van der Waals surface area contributed by atoms with Crippen molar-refractivity contribution in [3.8, 4) is 22.3 Å². The van der Waals surface area contributed by atoms with E-state index in [0.717, 1.165) is 36.1 Å². The molecule has 0 bridgehead atoms. The molecule has 0 fully saturated rings. The monoisotopic (exact) mass is 412 g/mol. The lowest BCUT2D eigenvalue weighted by Crippen LogP contribution is -2.09. The SMILES string of the molecule is CCCCCCc1ccc2c(c1)CCc1c-2cc(F)c(-c2cc(F)cc(F)c2)c1F. The van der Waals surface area contributed by atoms with Gasteiger partial charge in [0.1, 0.15) is 23.3 Å². The fourth-order valence-corrected chi connectivity index (χ4v) is 4.40. The van der Waals surface area contributed by atoms with Crippen molar-refractivity contribution in [3.05, 3.63) is 82.4 Å². The van der Waals surface area contributed by atoms with E-state index in [1.54, 1.807) is 0 Å². The van der Waals surface area contributed by atoms with Gasteiger partial charge in [-0.25, -0.2) is 17.6 Å². The van der Waals surface area contributed by atoms with Crippen molar-refractivity contribution < 1.29 is 17.6 Å². The number of unbranched alkanes of at least 4 members (excludes halogenated alkanes) is 3. The maximum atomic E-state index is 15.3. The largest absolute Gasteiger partial charge is 0.207 e. The Morgan fingerprint density at radius 2 is 1.53 bits per heavy atom. The van der Waals surface area contributed by atoms with Gasteiger partial charge in [0.25, 0.3) is 0 Å². The minimum Gasteiger partial charge on any atom is -0.207 e. The Bertz CT molecular complexity index is 1060. The molecule has 0 spiro atoms. The number of aryl methyl sites for hydroxylation is 2. The fraction of sp³-hybridized carbons (Fsp3) is 0.308. The summed E-state index contributed by atoms with van der Waals surface area (Å²) in [5.41, 5.74) is 3.62. The smallest absolute Gasteiger partial charge is 0.137 e. The Morgan fingerprint density at radius 3 is 2.27 bits per heavy atom. The third-order valence-corrected chi connectivity index (χ3v) is 5.89. The molecule has 0 saturated heterocycles. The molecular formula is C26H24F4. The maximum absolute atomic E-state index is 15.3. The molecule has 1 aliphatic rings. The van der Waals surface area contributed by atoms with E-state index in [-0.39, 0.29) is 11.1 Å². The Morgan fingerprint density at radius 1 is 0.767 bits per heavy atom. The van der Waals surface area contributed by atoms with E-state index in [2.05, 4.69) is 13.0 Å². The van der Waals surface area contributed by atoms with Gasteiger partial charge in [-0.05, 0) is 77.3 Å². The predicted molar refractivity (Wildman–Crippen MR) is 112 cm³/mol. The minimum absolute atomic E-state index is 0.126. The normalized spacial score (nSPS) is 12.6. The molecule has 0 N–H and O–H groups in total. The van der Waals surface area contributed by atoms with Crippen LogP contribution in [-0.2, 0) is 19.3 Å². The van der Waals surface area contributed by atoms with Gasteiger partial charge in [0.15, 0.2) is 0 Å². The van der Waals surface area contributed by atoms with E-state index >= 15 is 4.39 Å². The van der Waals surface area contributed by atoms with Gasteiger partial charge >= 0.3 is 0 Å². The van der Waals surface area contributed by atoms with Crippen molar-refractivity contribution >= 4 is 0 Å². The Balaban J connectivity index is 1.71. The molecule has 0 radical (unpaired) electrons. The van der Waals surface area contributed by atoms with Crippen LogP contribution in [0.25, 0.3) is 22.3 Å². The van der Waals surface area contributed by atoms with Crippen LogP contribution in [-0.4, -0.2) is 0 Å². The van der Waals surface area contributed by atoms with Crippen LogP contribution in [0.5, 0.6) is 0 Å². The predicted octanol–water partition coefficient (Wildman–Crippen LogP) is 7.80. The highest BCUT2D eigenvalue weighted by Gasteiger charge is 2.25. The highest BCUT2D eigenvalue weighted by molar-refractivity contribution is 5.78. The first kappa shape index (κ1) is 20.6. The number of fused-ring (bicyclic) bond motifs is 3. The van der Waals surface area contributed by atoms with Gasteiger partial charge in [0.05, 0.1) is 5.56 Å². The summed E-state index contributed by atoms with van der Waals surface area (Å²) >= 11 is 0. The quantitative estimate of drug-likeness (QED) is 0.286. The molecule has 0 nitrogen and oxygen atoms in total. The average molecular weight is 412 g/mol. The second-order valence-corrected chi connectivity index (χ2v) is 8.03. The summed E-state index contributed by atoms with van der Waals surface area (Å²) < 4.78 is 57.4. The summed E-state index contributed by atoms with van der Waals surface area (Å²) in [4.78, 5) is 0. The van der Waals surface area contributed by atoms with Crippen molar-refractivity contribution in [2.45, 2.75) is 51.9 Å². The molecule has 0 saturated carbocycles. The molecule has 0 unspecified atom stereocenters. The number of hydrogen-bond donors (Lipinski definition) is 0. The van der Waals surface area contributed by atoms with Crippen molar-refractivity contribution in [1.82, 2.24) is 0 Å². The van der Waals surface area contributed by atoms with Crippen LogP contribution in [0.15, 0.2) is 42.5 Å². The molecule has 4 rings (SSSR count). The molecule has 1 aliphatic carbocycles. The zero-order chi connectivity index (χ0) is 21.3. The number of benzene rings is 3. The lowest BCUT2D eigenvalue weighted by molar-refractivity contribution is 0.572. The van der Waals surface area contributed by atoms with Crippen LogP contribution in [0.2, 0.25) is 0 Å². The zero-order valence-corrected chi connectivity index (χ0v) is 17.0. The van der Waals surface area contributed by atoms with Gasteiger partial charge in [-0.15, -0.1) is 0 Å². The second kappa shape index (κ2) is 8.63. The average Bonchev–Trinajstić information content (AvgIpc) is 2.70. The van der Waals surface area contributed by atoms with Crippen molar-refractivity contribution in [2.24, 2.45) is 0 Å². The van der Waals surface area contributed by atoms with Gasteiger partial charge < -0.3 is 0 Å². The summed E-state index contributed by atoms with van der Waals surface area (Å²) in [6.45, 7) is 2.19. The summed E-state index contributed by atoms with van der Waals surface area (Å²) in [5, 5.41) is 0. The van der Waals surface area contributed by atoms with Crippen LogP contribution in [0.3, 0.4) is 0 Å². The lowest BCUT2D eigenvalue weighted by atomic mass is 9.82. The summed E-state index contributed by atoms with van der Waals surface area (Å²) in [6, 6.07) is 10.0. The Hall–Kier alpha value is -2.62. The topological polar surface area (TPSA) is 0 Å². The molecule has 0 amide bonds. The molecule has 156 valence electrons. The van der Waals surface area contributed by atoms with E-state index in [1.807, 2.05) is 12.1 Å². The molecule has 4 heteroatoms. The fourth-order valence-electron chi connectivity index (χ4n) is 4.40. The molecular weight excluding hydrogens is 388 g/mol. The summed E-state index contributed by atoms with van der Waals surface area (Å²) in [5.74, 6) is -3.27. The van der Waals surface area contributed by atoms with Crippen LogP contribution >= 0.6 is 0 Å².